The van der Waals surface area contributed by atoms with E-state index in [1.165, 1.54) is 25.3 Å². The molecule has 0 radical (unpaired) electrons. The van der Waals surface area contributed by atoms with Gasteiger partial charge in [-0.25, -0.2) is 13.1 Å². The van der Waals surface area contributed by atoms with Gasteiger partial charge in [0.15, 0.2) is 0 Å². The lowest BCUT2D eigenvalue weighted by Crippen LogP contribution is -2.27. The molecular weight excluding hydrogens is 320 g/mol. The van der Waals surface area contributed by atoms with E-state index < -0.39 is 22.0 Å². The number of carbonyl (C=O) groups excluding carboxylic acids is 1. The predicted octanol–water partition coefficient (Wildman–Crippen LogP) is 1.74. The standard InChI is InChI=1S/C15H18N2O5S/c1-9-4-6-13(22-9)10(2)17-23(19,20)11-5-7-14(21-3)12(8-11)15(16)18/h4-8,10,17H,1-3H3,(H2,16,18). The molecule has 7 nitrogen and oxygen atoms in total. The smallest absolute Gasteiger partial charge is 0.252 e. The number of sulfonamides is 1. The van der Waals surface area contributed by atoms with Crippen LogP contribution in [0.5, 0.6) is 5.75 Å². The number of rotatable bonds is 6. The van der Waals surface area contributed by atoms with Crippen LogP contribution in [0.1, 0.15) is 34.8 Å². The van der Waals surface area contributed by atoms with Gasteiger partial charge in [0.1, 0.15) is 17.3 Å². The van der Waals surface area contributed by atoms with Gasteiger partial charge in [-0.3, -0.25) is 4.79 Å². The second kappa shape index (κ2) is 6.43. The minimum absolute atomic E-state index is 0.00290. The molecule has 1 aromatic carbocycles. The van der Waals surface area contributed by atoms with Crippen LogP contribution in [-0.2, 0) is 10.0 Å². The Morgan fingerprint density at radius 1 is 1.30 bits per heavy atom. The molecule has 23 heavy (non-hydrogen) atoms. The maximum absolute atomic E-state index is 12.5. The second-order valence-corrected chi connectivity index (χ2v) is 6.73. The van der Waals surface area contributed by atoms with Crippen LogP contribution < -0.4 is 15.2 Å². The number of hydrogen-bond donors (Lipinski definition) is 2. The van der Waals surface area contributed by atoms with Gasteiger partial charge in [-0.15, -0.1) is 0 Å². The predicted molar refractivity (Wildman–Crippen MR) is 83.7 cm³/mol. The summed E-state index contributed by atoms with van der Waals surface area (Å²) in [5, 5.41) is 0. The van der Waals surface area contributed by atoms with Gasteiger partial charge >= 0.3 is 0 Å². The summed E-state index contributed by atoms with van der Waals surface area (Å²) in [4.78, 5) is 11.3. The minimum atomic E-state index is -3.85. The van der Waals surface area contributed by atoms with Crippen molar-refractivity contribution in [3.8, 4) is 5.75 Å². The van der Waals surface area contributed by atoms with E-state index >= 15 is 0 Å². The Balaban J connectivity index is 2.32. The Bertz CT molecular complexity index is 826. The molecule has 1 unspecified atom stereocenters. The molecule has 0 fully saturated rings. The van der Waals surface area contributed by atoms with Crippen molar-refractivity contribution in [1.29, 1.82) is 0 Å². The number of nitrogens with one attached hydrogen (secondary N) is 1. The average Bonchev–Trinajstić information content (AvgIpc) is 2.92. The topological polar surface area (TPSA) is 112 Å². The van der Waals surface area contributed by atoms with Crippen molar-refractivity contribution < 1.29 is 22.4 Å². The van der Waals surface area contributed by atoms with E-state index in [9.17, 15) is 13.2 Å². The number of amides is 1. The molecule has 8 heteroatoms. The first-order chi connectivity index (χ1) is 10.7. The van der Waals surface area contributed by atoms with E-state index in [1.54, 1.807) is 26.0 Å². The highest BCUT2D eigenvalue weighted by Gasteiger charge is 2.22. The van der Waals surface area contributed by atoms with Crippen LogP contribution in [0.25, 0.3) is 0 Å². The highest BCUT2D eigenvalue weighted by atomic mass is 32.2. The van der Waals surface area contributed by atoms with Crippen LogP contribution in [0.15, 0.2) is 39.6 Å². The number of methoxy groups -OCH3 is 1. The first-order valence-electron chi connectivity index (χ1n) is 6.81. The zero-order valence-corrected chi connectivity index (χ0v) is 13.8. The monoisotopic (exact) mass is 338 g/mol. The fourth-order valence-corrected chi connectivity index (χ4v) is 3.33. The molecule has 0 aliphatic heterocycles. The van der Waals surface area contributed by atoms with Crippen molar-refractivity contribution in [2.75, 3.05) is 7.11 Å². The molecule has 0 saturated heterocycles. The van der Waals surface area contributed by atoms with Gasteiger partial charge in [0.2, 0.25) is 10.0 Å². The molecule has 124 valence electrons. The lowest BCUT2D eigenvalue weighted by atomic mass is 10.2. The lowest BCUT2D eigenvalue weighted by Gasteiger charge is -2.13. The van der Waals surface area contributed by atoms with Crippen LogP contribution in [0.2, 0.25) is 0 Å². The highest BCUT2D eigenvalue weighted by molar-refractivity contribution is 7.89. The molecule has 2 aromatic rings. The van der Waals surface area contributed by atoms with Gasteiger partial charge in [0.05, 0.1) is 23.6 Å². The molecule has 0 aliphatic rings. The molecule has 3 N–H and O–H groups in total. The summed E-state index contributed by atoms with van der Waals surface area (Å²) in [5.74, 6) is 0.626. The number of ether oxygens (including phenoxy) is 1. The molecule has 2 rings (SSSR count). The van der Waals surface area contributed by atoms with Crippen LogP contribution >= 0.6 is 0 Å². The van der Waals surface area contributed by atoms with Crippen molar-refractivity contribution in [2.45, 2.75) is 24.8 Å². The van der Waals surface area contributed by atoms with E-state index in [-0.39, 0.29) is 16.2 Å². The number of hydrogen-bond acceptors (Lipinski definition) is 5. The first kappa shape index (κ1) is 17.0. The number of furan rings is 1. The molecule has 0 saturated carbocycles. The number of nitrogens with two attached hydrogens (primary N) is 1. The van der Waals surface area contributed by atoms with Gasteiger partial charge in [-0.2, -0.15) is 0 Å². The molecule has 1 amide bonds. The molecule has 1 aromatic heterocycles. The molecule has 0 spiro atoms. The number of carbonyl (C=O) groups is 1. The van der Waals surface area contributed by atoms with E-state index in [0.29, 0.717) is 11.5 Å². The zero-order chi connectivity index (χ0) is 17.2. The first-order valence-corrected chi connectivity index (χ1v) is 8.29. The summed E-state index contributed by atoms with van der Waals surface area (Å²) < 4.78 is 37.8. The molecule has 0 bridgehead atoms. The van der Waals surface area contributed by atoms with E-state index in [0.717, 1.165) is 0 Å². The Morgan fingerprint density at radius 3 is 2.52 bits per heavy atom. The SMILES string of the molecule is COc1ccc(S(=O)(=O)NC(C)c2ccc(C)o2)cc1C(N)=O. The van der Waals surface area contributed by atoms with Crippen LogP contribution in [-0.4, -0.2) is 21.4 Å². The number of aryl methyl sites for hydroxylation is 1. The zero-order valence-electron chi connectivity index (χ0n) is 13.0. The third-order valence-corrected chi connectivity index (χ3v) is 4.80. The van der Waals surface area contributed by atoms with Crippen molar-refractivity contribution in [1.82, 2.24) is 4.72 Å². The van der Waals surface area contributed by atoms with E-state index in [4.69, 9.17) is 14.9 Å². The summed E-state index contributed by atoms with van der Waals surface area (Å²) in [6, 6.07) is 6.80. The summed E-state index contributed by atoms with van der Waals surface area (Å²) in [7, 11) is -2.48. The maximum atomic E-state index is 12.5. The number of benzene rings is 1. The van der Waals surface area contributed by atoms with E-state index in [1.807, 2.05) is 0 Å². The quantitative estimate of drug-likeness (QED) is 0.833. The van der Waals surface area contributed by atoms with Crippen molar-refractivity contribution in [3.05, 3.63) is 47.4 Å². The summed E-state index contributed by atoms with van der Waals surface area (Å²) in [5.41, 5.74) is 5.25. The molecule has 1 atom stereocenters. The minimum Gasteiger partial charge on any atom is -0.496 e. The summed E-state index contributed by atoms with van der Waals surface area (Å²) in [6.45, 7) is 3.43. The third-order valence-electron chi connectivity index (χ3n) is 3.27. The maximum Gasteiger partial charge on any atom is 0.252 e. The Hall–Kier alpha value is -2.32. The van der Waals surface area contributed by atoms with Gasteiger partial charge in [0.25, 0.3) is 5.91 Å². The normalized spacial score (nSPS) is 12.8. The van der Waals surface area contributed by atoms with Crippen LogP contribution in [0, 0.1) is 6.92 Å². The largest absolute Gasteiger partial charge is 0.496 e. The van der Waals surface area contributed by atoms with Crippen molar-refractivity contribution in [2.24, 2.45) is 5.73 Å². The Morgan fingerprint density at radius 2 is 2.00 bits per heavy atom. The molecule has 0 aliphatic carbocycles. The average molecular weight is 338 g/mol. The lowest BCUT2D eigenvalue weighted by molar-refractivity contribution is 0.0997. The summed E-state index contributed by atoms with van der Waals surface area (Å²) >= 11 is 0. The Labute approximate surface area is 134 Å². The fraction of sp³-hybridized carbons (Fsp3) is 0.267. The van der Waals surface area contributed by atoms with Gasteiger partial charge in [0, 0.05) is 0 Å². The van der Waals surface area contributed by atoms with Crippen LogP contribution in [0.3, 0.4) is 0 Å². The second-order valence-electron chi connectivity index (χ2n) is 5.02. The van der Waals surface area contributed by atoms with Crippen molar-refractivity contribution in [3.63, 3.8) is 0 Å². The third kappa shape index (κ3) is 3.72. The van der Waals surface area contributed by atoms with Gasteiger partial charge < -0.3 is 14.9 Å². The molecule has 1 heterocycles. The van der Waals surface area contributed by atoms with Gasteiger partial charge in [-0.1, -0.05) is 0 Å². The Kier molecular flexibility index (Phi) is 4.76. The molecular formula is C15H18N2O5S. The number of primary amides is 1. The van der Waals surface area contributed by atoms with Crippen molar-refractivity contribution >= 4 is 15.9 Å². The van der Waals surface area contributed by atoms with Gasteiger partial charge in [-0.05, 0) is 44.2 Å². The highest BCUT2D eigenvalue weighted by Crippen LogP contribution is 2.24. The summed E-state index contributed by atoms with van der Waals surface area (Å²) in [6.07, 6.45) is 0. The van der Waals surface area contributed by atoms with Crippen LogP contribution in [0.4, 0.5) is 0 Å². The fourth-order valence-electron chi connectivity index (χ4n) is 2.09. The van der Waals surface area contributed by atoms with E-state index in [2.05, 4.69) is 4.72 Å².